The van der Waals surface area contributed by atoms with E-state index >= 15 is 0 Å². The molecule has 5 heteroatoms. The van der Waals surface area contributed by atoms with E-state index in [-0.39, 0.29) is 12.5 Å². The molecule has 0 heterocycles. The number of methoxy groups -OCH3 is 1. The van der Waals surface area contributed by atoms with Gasteiger partial charge >= 0.3 is 0 Å². The smallest absolute Gasteiger partial charge is 0.252 e. The van der Waals surface area contributed by atoms with E-state index in [9.17, 15) is 9.90 Å². The van der Waals surface area contributed by atoms with E-state index in [0.29, 0.717) is 22.4 Å². The fourth-order valence-electron chi connectivity index (χ4n) is 2.03. The number of benzene rings is 2. The van der Waals surface area contributed by atoms with Crippen molar-refractivity contribution < 1.29 is 14.6 Å². The Morgan fingerprint density at radius 1 is 1.32 bits per heavy atom. The fourth-order valence-corrected chi connectivity index (χ4v) is 2.03. The minimum absolute atomic E-state index is 0.0474. The highest BCUT2D eigenvalue weighted by Gasteiger charge is 2.13. The van der Waals surface area contributed by atoms with Gasteiger partial charge in [0.25, 0.3) is 5.91 Å². The average molecular weight is 296 g/mol. The van der Waals surface area contributed by atoms with Crippen molar-refractivity contribution in [1.82, 2.24) is 5.32 Å². The number of nitriles is 1. The van der Waals surface area contributed by atoms with Crippen molar-refractivity contribution in [2.75, 3.05) is 13.7 Å². The lowest BCUT2D eigenvalue weighted by Crippen LogP contribution is -2.29. The van der Waals surface area contributed by atoms with Crippen LogP contribution in [0.3, 0.4) is 0 Å². The maximum Gasteiger partial charge on any atom is 0.252 e. The number of amides is 1. The zero-order valence-corrected chi connectivity index (χ0v) is 12.1. The molecule has 0 aliphatic rings. The van der Waals surface area contributed by atoms with Gasteiger partial charge in [-0.2, -0.15) is 5.26 Å². The maximum atomic E-state index is 12.1. The number of hydrogen-bond acceptors (Lipinski definition) is 4. The van der Waals surface area contributed by atoms with Gasteiger partial charge in [-0.15, -0.1) is 0 Å². The van der Waals surface area contributed by atoms with Crippen molar-refractivity contribution in [3.05, 3.63) is 65.2 Å². The Hall–Kier alpha value is -2.84. The van der Waals surface area contributed by atoms with Gasteiger partial charge in [0.05, 0.1) is 30.4 Å². The summed E-state index contributed by atoms with van der Waals surface area (Å²) in [6.07, 6.45) is -0.853. The molecule has 5 nitrogen and oxygen atoms in total. The summed E-state index contributed by atoms with van der Waals surface area (Å²) >= 11 is 0. The highest BCUT2D eigenvalue weighted by Crippen LogP contribution is 2.18. The van der Waals surface area contributed by atoms with Gasteiger partial charge < -0.3 is 15.2 Å². The number of nitrogens with zero attached hydrogens (tertiary/aromatic N) is 1. The van der Waals surface area contributed by atoms with Crippen LogP contribution in [0.5, 0.6) is 5.75 Å². The maximum absolute atomic E-state index is 12.1. The second-order valence-corrected chi connectivity index (χ2v) is 4.66. The Balaban J connectivity index is 2.03. The molecule has 0 fully saturated rings. The fraction of sp³-hybridized carbons (Fsp3) is 0.176. The first-order chi connectivity index (χ1) is 10.7. The van der Waals surface area contributed by atoms with E-state index in [1.54, 1.807) is 55.6 Å². The summed E-state index contributed by atoms with van der Waals surface area (Å²) in [5.41, 5.74) is 1.24. The van der Waals surface area contributed by atoms with Crippen molar-refractivity contribution in [2.24, 2.45) is 0 Å². The molecule has 0 spiro atoms. The van der Waals surface area contributed by atoms with Crippen LogP contribution in [0.2, 0.25) is 0 Å². The molecule has 0 aliphatic carbocycles. The number of aliphatic hydroxyl groups excluding tert-OH is 1. The van der Waals surface area contributed by atoms with Crippen LogP contribution in [-0.4, -0.2) is 24.7 Å². The van der Waals surface area contributed by atoms with E-state index in [0.717, 1.165) is 0 Å². The lowest BCUT2D eigenvalue weighted by molar-refractivity contribution is 0.0916. The van der Waals surface area contributed by atoms with Crippen LogP contribution in [-0.2, 0) is 0 Å². The third-order valence-electron chi connectivity index (χ3n) is 3.23. The summed E-state index contributed by atoms with van der Waals surface area (Å²) in [6.45, 7) is 0.0474. The summed E-state index contributed by atoms with van der Waals surface area (Å²) in [5, 5.41) is 21.7. The second kappa shape index (κ2) is 7.25. The number of rotatable bonds is 5. The molecule has 0 saturated carbocycles. The summed E-state index contributed by atoms with van der Waals surface area (Å²) in [4.78, 5) is 12.1. The molecule has 112 valence electrons. The Morgan fingerprint density at radius 3 is 2.82 bits per heavy atom. The van der Waals surface area contributed by atoms with Gasteiger partial charge in [0, 0.05) is 6.54 Å². The Labute approximate surface area is 128 Å². The highest BCUT2D eigenvalue weighted by molar-refractivity contribution is 5.96. The molecule has 2 aromatic rings. The topological polar surface area (TPSA) is 82.3 Å². The summed E-state index contributed by atoms with van der Waals surface area (Å²) < 4.78 is 5.10. The van der Waals surface area contributed by atoms with E-state index in [2.05, 4.69) is 5.32 Å². The zero-order valence-electron chi connectivity index (χ0n) is 12.1. The van der Waals surface area contributed by atoms with E-state index in [4.69, 9.17) is 10.00 Å². The van der Waals surface area contributed by atoms with Gasteiger partial charge in [-0.1, -0.05) is 24.3 Å². The molecule has 1 amide bonds. The van der Waals surface area contributed by atoms with Crippen LogP contribution in [0.4, 0.5) is 0 Å². The number of carbonyl (C=O) groups is 1. The number of nitrogens with one attached hydrogen (secondary N) is 1. The van der Waals surface area contributed by atoms with Gasteiger partial charge in [0.1, 0.15) is 5.75 Å². The van der Waals surface area contributed by atoms with Gasteiger partial charge in [-0.3, -0.25) is 4.79 Å². The first kappa shape index (κ1) is 15.5. The molecule has 0 radical (unpaired) electrons. The van der Waals surface area contributed by atoms with Crippen molar-refractivity contribution in [3.8, 4) is 11.8 Å². The largest absolute Gasteiger partial charge is 0.497 e. The van der Waals surface area contributed by atoms with Crippen LogP contribution < -0.4 is 10.1 Å². The summed E-state index contributed by atoms with van der Waals surface area (Å²) in [6, 6.07) is 15.5. The van der Waals surface area contributed by atoms with Gasteiger partial charge in [0.15, 0.2) is 0 Å². The molecule has 1 atom stereocenters. The second-order valence-electron chi connectivity index (χ2n) is 4.66. The number of carbonyl (C=O) groups excluding carboxylic acids is 1. The van der Waals surface area contributed by atoms with Crippen LogP contribution in [0.15, 0.2) is 48.5 Å². The molecule has 0 aromatic heterocycles. The molecule has 2 rings (SSSR count). The monoisotopic (exact) mass is 296 g/mol. The Morgan fingerprint density at radius 2 is 2.09 bits per heavy atom. The number of ether oxygens (including phenoxy) is 1. The molecule has 2 aromatic carbocycles. The molecular formula is C17H16N2O3. The minimum atomic E-state index is -0.853. The minimum Gasteiger partial charge on any atom is -0.497 e. The summed E-state index contributed by atoms with van der Waals surface area (Å²) in [5.74, 6) is 0.247. The van der Waals surface area contributed by atoms with Crippen molar-refractivity contribution in [1.29, 1.82) is 5.26 Å². The SMILES string of the molecule is COc1cccc(C(O)CNC(=O)c2ccccc2C#N)c1. The first-order valence-corrected chi connectivity index (χ1v) is 6.75. The van der Waals surface area contributed by atoms with E-state index in [1.807, 2.05) is 6.07 Å². The molecule has 0 aliphatic heterocycles. The van der Waals surface area contributed by atoms with Crippen LogP contribution in [0.25, 0.3) is 0 Å². The zero-order chi connectivity index (χ0) is 15.9. The molecule has 0 saturated heterocycles. The van der Waals surface area contributed by atoms with E-state index < -0.39 is 6.10 Å². The van der Waals surface area contributed by atoms with Gasteiger partial charge in [-0.25, -0.2) is 0 Å². The van der Waals surface area contributed by atoms with Crippen LogP contribution >= 0.6 is 0 Å². The first-order valence-electron chi connectivity index (χ1n) is 6.75. The Kier molecular flexibility index (Phi) is 5.12. The van der Waals surface area contributed by atoms with Crippen LogP contribution in [0.1, 0.15) is 27.6 Å². The Bertz CT molecular complexity index is 707. The van der Waals surface area contributed by atoms with Crippen LogP contribution in [0, 0.1) is 11.3 Å². The molecule has 2 N–H and O–H groups in total. The van der Waals surface area contributed by atoms with Gasteiger partial charge in [0.2, 0.25) is 0 Å². The molecule has 0 bridgehead atoms. The standard InChI is InChI=1S/C17H16N2O3/c1-22-14-7-4-6-12(9-14)16(20)11-19-17(21)15-8-3-2-5-13(15)10-18/h2-9,16,20H,11H2,1H3,(H,19,21). The summed E-state index contributed by atoms with van der Waals surface area (Å²) in [7, 11) is 1.55. The molecular weight excluding hydrogens is 280 g/mol. The average Bonchev–Trinajstić information content (AvgIpc) is 2.59. The number of hydrogen-bond donors (Lipinski definition) is 2. The lowest BCUT2D eigenvalue weighted by atomic mass is 10.1. The predicted octanol–water partition coefficient (Wildman–Crippen LogP) is 2.03. The predicted molar refractivity (Wildman–Crippen MR) is 81.4 cm³/mol. The van der Waals surface area contributed by atoms with Gasteiger partial charge in [-0.05, 0) is 29.8 Å². The van der Waals surface area contributed by atoms with E-state index in [1.165, 1.54) is 0 Å². The third kappa shape index (κ3) is 3.62. The lowest BCUT2D eigenvalue weighted by Gasteiger charge is -2.13. The molecule has 22 heavy (non-hydrogen) atoms. The quantitative estimate of drug-likeness (QED) is 0.884. The highest BCUT2D eigenvalue weighted by atomic mass is 16.5. The molecule has 1 unspecified atom stereocenters. The van der Waals surface area contributed by atoms with Crippen molar-refractivity contribution in [2.45, 2.75) is 6.10 Å². The normalized spacial score (nSPS) is 11.3. The van der Waals surface area contributed by atoms with Crippen molar-refractivity contribution in [3.63, 3.8) is 0 Å². The van der Waals surface area contributed by atoms with Crippen molar-refractivity contribution >= 4 is 5.91 Å². The third-order valence-corrected chi connectivity index (χ3v) is 3.23. The number of aliphatic hydroxyl groups is 1.